The van der Waals surface area contributed by atoms with Crippen molar-refractivity contribution in [2.45, 2.75) is 62.6 Å². The van der Waals surface area contributed by atoms with Crippen LogP contribution in [0.5, 0.6) is 23.0 Å². The van der Waals surface area contributed by atoms with Gasteiger partial charge >= 0.3 is 11.9 Å². The van der Waals surface area contributed by atoms with E-state index in [1.165, 1.54) is 33.6 Å². The maximum absolute atomic E-state index is 14.0. The Hall–Kier alpha value is -5.76. The summed E-state index contributed by atoms with van der Waals surface area (Å²) < 4.78 is 27.9. The van der Waals surface area contributed by atoms with Crippen LogP contribution in [0.4, 0.5) is 11.4 Å². The molecule has 8 aliphatic rings. The number of aryl methyl sites for hydroxylation is 2. The minimum atomic E-state index is -1.27. The Bertz CT molecular complexity index is 2430. The molecule has 0 amide bonds. The van der Waals surface area contributed by atoms with Crippen LogP contribution in [0, 0.1) is 0 Å². The van der Waals surface area contributed by atoms with Crippen LogP contribution in [-0.4, -0.2) is 38.1 Å². The van der Waals surface area contributed by atoms with Gasteiger partial charge in [-0.15, -0.1) is 0 Å². The Labute approximate surface area is 312 Å². The number of carbonyl (C=O) groups is 2. The molecular formula is C46H36N2O6. The summed E-state index contributed by atoms with van der Waals surface area (Å²) >= 11 is 0. The van der Waals surface area contributed by atoms with Crippen molar-refractivity contribution in [2.75, 3.05) is 36.0 Å². The zero-order valence-corrected chi connectivity index (χ0v) is 29.8. The highest BCUT2D eigenvalue weighted by molar-refractivity contribution is 5.99. The highest BCUT2D eigenvalue weighted by Gasteiger charge is 2.59. The number of carbonyl (C=O) groups excluding carboxylic acids is 2. The van der Waals surface area contributed by atoms with Gasteiger partial charge in [0.25, 0.3) is 0 Å². The molecule has 266 valence electrons. The molecule has 2 spiro atoms. The van der Waals surface area contributed by atoms with Crippen molar-refractivity contribution in [3.05, 3.63) is 140 Å². The molecule has 2 atom stereocenters. The largest absolute Gasteiger partial charge is 0.456 e. The molecule has 13 rings (SSSR count). The first-order valence-corrected chi connectivity index (χ1v) is 19.6. The van der Waals surface area contributed by atoms with Crippen molar-refractivity contribution in [2.24, 2.45) is 0 Å². The molecule has 0 saturated heterocycles. The maximum atomic E-state index is 14.0. The summed E-state index contributed by atoms with van der Waals surface area (Å²) in [7, 11) is 0. The number of hydrogen-bond donors (Lipinski definition) is 0. The van der Waals surface area contributed by atoms with E-state index in [1.807, 2.05) is 54.6 Å². The first kappa shape index (κ1) is 29.7. The van der Waals surface area contributed by atoms with Crippen LogP contribution in [0.2, 0.25) is 0 Å². The number of ether oxygens (including phenoxy) is 4. The first-order chi connectivity index (χ1) is 26.5. The molecule has 0 fully saturated rings. The molecule has 54 heavy (non-hydrogen) atoms. The Morgan fingerprint density at radius 1 is 0.481 bits per heavy atom. The summed E-state index contributed by atoms with van der Waals surface area (Å²) in [6, 6.07) is 24.0. The van der Waals surface area contributed by atoms with Gasteiger partial charge < -0.3 is 28.7 Å². The minimum Gasteiger partial charge on any atom is -0.456 e. The van der Waals surface area contributed by atoms with Crippen LogP contribution in [0.25, 0.3) is 0 Å². The molecule has 8 nitrogen and oxygen atoms in total. The van der Waals surface area contributed by atoms with Crippen molar-refractivity contribution in [1.29, 1.82) is 0 Å². The molecule has 0 aromatic heterocycles. The molecule has 0 saturated carbocycles. The first-order valence-electron chi connectivity index (χ1n) is 19.6. The molecule has 2 unspecified atom stereocenters. The van der Waals surface area contributed by atoms with Gasteiger partial charge in [-0.1, -0.05) is 36.4 Å². The lowest BCUT2D eigenvalue weighted by atomic mass is 9.71. The number of nitrogens with zero attached hydrogens (tertiary/aromatic N) is 2. The van der Waals surface area contributed by atoms with E-state index in [2.05, 4.69) is 28.0 Å². The molecule has 5 aromatic rings. The number of benzene rings is 5. The number of hydrogen-bond acceptors (Lipinski definition) is 8. The summed E-state index contributed by atoms with van der Waals surface area (Å²) in [5, 5.41) is 0. The molecule has 0 N–H and O–H groups in total. The average Bonchev–Trinajstić information content (AvgIpc) is 3.67. The fraction of sp³-hybridized carbons (Fsp3) is 0.304. The fourth-order valence-electron chi connectivity index (χ4n) is 11.4. The van der Waals surface area contributed by atoms with Gasteiger partial charge in [0.1, 0.15) is 23.0 Å². The van der Waals surface area contributed by atoms with Gasteiger partial charge in [0.05, 0.1) is 11.1 Å². The standard InChI is InChI=1S/C46H36N2O6/c49-43-27-11-1-3-15-31(27)45(53-43)33-23-34-38(24-37(33)51-41-29-13-7-19-47-17-5-9-25(39(29)47)21-35(41)45)52-42-30-14-8-20-48-18-6-10-26(40(30)48)22-36(42)46(34)32-16-4-2-12-28(32)44(50)54-46/h1-4,11-12,15-16,21-24H,5-10,13-14,17-20H2. The van der Waals surface area contributed by atoms with Crippen LogP contribution in [0.3, 0.4) is 0 Å². The van der Waals surface area contributed by atoms with Crippen molar-refractivity contribution in [3.8, 4) is 23.0 Å². The molecule has 8 heteroatoms. The van der Waals surface area contributed by atoms with E-state index in [4.69, 9.17) is 18.9 Å². The normalized spacial score (nSPS) is 24.1. The number of anilines is 2. The Morgan fingerprint density at radius 3 is 1.41 bits per heavy atom. The van der Waals surface area contributed by atoms with Crippen molar-refractivity contribution < 1.29 is 28.5 Å². The highest BCUT2D eigenvalue weighted by Crippen LogP contribution is 2.64. The Balaban J connectivity index is 1.13. The van der Waals surface area contributed by atoms with Crippen LogP contribution < -0.4 is 19.3 Å². The molecule has 0 radical (unpaired) electrons. The molecule has 8 aliphatic heterocycles. The second-order valence-corrected chi connectivity index (χ2v) is 16.1. The maximum Gasteiger partial charge on any atom is 0.340 e. The lowest BCUT2D eigenvalue weighted by Crippen LogP contribution is -2.40. The van der Waals surface area contributed by atoms with Gasteiger partial charge in [0.2, 0.25) is 0 Å². The van der Waals surface area contributed by atoms with E-state index < -0.39 is 11.2 Å². The lowest BCUT2D eigenvalue weighted by Gasteiger charge is -2.45. The van der Waals surface area contributed by atoms with Crippen LogP contribution in [0.15, 0.2) is 72.8 Å². The number of esters is 2. The SMILES string of the molecule is O=C1OC2(c3cc4c(cc3Oc3c2cc2c5c3CCCN5CCC2)Oc2c(cc3c5c2CCCN5CCC3)C42OC(=O)c3ccccc32)c2ccccc21. The van der Waals surface area contributed by atoms with Gasteiger partial charge in [-0.25, -0.2) is 9.59 Å². The van der Waals surface area contributed by atoms with Crippen LogP contribution in [-0.2, 0) is 46.4 Å². The number of fused-ring (bicyclic) bond motifs is 14. The third kappa shape index (κ3) is 3.42. The van der Waals surface area contributed by atoms with E-state index in [9.17, 15) is 9.59 Å². The quantitative estimate of drug-likeness (QED) is 0.149. The molecule has 5 aromatic carbocycles. The Kier molecular flexibility index (Phi) is 5.52. The summed E-state index contributed by atoms with van der Waals surface area (Å²) in [5.41, 5.74) is 10.8. The van der Waals surface area contributed by atoms with Crippen molar-refractivity contribution in [1.82, 2.24) is 0 Å². The predicted molar refractivity (Wildman–Crippen MR) is 201 cm³/mol. The van der Waals surface area contributed by atoms with Crippen molar-refractivity contribution in [3.63, 3.8) is 0 Å². The van der Waals surface area contributed by atoms with Gasteiger partial charge in [-0.3, -0.25) is 0 Å². The van der Waals surface area contributed by atoms with E-state index in [0.717, 1.165) is 111 Å². The smallest absolute Gasteiger partial charge is 0.340 e. The third-order valence-corrected chi connectivity index (χ3v) is 13.5. The van der Waals surface area contributed by atoms with Crippen LogP contribution in [0.1, 0.15) is 102 Å². The van der Waals surface area contributed by atoms with E-state index in [0.29, 0.717) is 33.8 Å². The van der Waals surface area contributed by atoms with Crippen molar-refractivity contribution >= 4 is 23.3 Å². The van der Waals surface area contributed by atoms with E-state index in [1.54, 1.807) is 0 Å². The summed E-state index contributed by atoms with van der Waals surface area (Å²) in [4.78, 5) is 33.1. The average molecular weight is 713 g/mol. The highest BCUT2D eigenvalue weighted by atomic mass is 16.6. The second kappa shape index (κ2) is 10.1. The predicted octanol–water partition coefficient (Wildman–Crippen LogP) is 8.22. The van der Waals surface area contributed by atoms with E-state index in [-0.39, 0.29) is 11.9 Å². The second-order valence-electron chi connectivity index (χ2n) is 16.1. The molecule has 0 bridgehead atoms. The zero-order valence-electron chi connectivity index (χ0n) is 29.8. The molecule has 0 aliphatic carbocycles. The van der Waals surface area contributed by atoms with Crippen LogP contribution >= 0.6 is 0 Å². The van der Waals surface area contributed by atoms with Gasteiger partial charge in [-0.2, -0.15) is 0 Å². The zero-order chi connectivity index (χ0) is 35.5. The topological polar surface area (TPSA) is 77.5 Å². The minimum absolute atomic E-state index is 0.362. The van der Waals surface area contributed by atoms with Gasteiger partial charge in [-0.05, 0) is 92.8 Å². The third-order valence-electron chi connectivity index (χ3n) is 13.5. The lowest BCUT2D eigenvalue weighted by molar-refractivity contribution is 0.0206. The fourth-order valence-corrected chi connectivity index (χ4v) is 11.4. The van der Waals surface area contributed by atoms with E-state index >= 15 is 0 Å². The summed E-state index contributed by atoms with van der Waals surface area (Å²) in [6.45, 7) is 4.13. The number of rotatable bonds is 0. The molecular weight excluding hydrogens is 677 g/mol. The summed E-state index contributed by atoms with van der Waals surface area (Å²) in [6.07, 6.45) is 7.91. The van der Waals surface area contributed by atoms with Gasteiger partial charge in [0, 0.05) is 88.1 Å². The monoisotopic (exact) mass is 712 g/mol. The summed E-state index contributed by atoms with van der Waals surface area (Å²) in [5.74, 6) is 2.00. The Morgan fingerprint density at radius 2 is 0.926 bits per heavy atom. The molecule has 8 heterocycles. The van der Waals surface area contributed by atoms with Gasteiger partial charge in [0.15, 0.2) is 11.2 Å².